The summed E-state index contributed by atoms with van der Waals surface area (Å²) in [6.07, 6.45) is 3.12. The molecule has 1 amide bonds. The molecule has 0 radical (unpaired) electrons. The molecule has 142 valence electrons. The molecule has 3 rings (SSSR count). The number of nitrogens with one attached hydrogen (secondary N) is 1. The van der Waals surface area contributed by atoms with Gasteiger partial charge in [0.15, 0.2) is 11.5 Å². The third kappa shape index (κ3) is 4.06. The maximum atomic E-state index is 12.5. The first-order valence-electron chi connectivity index (χ1n) is 9.05. The number of aryl methyl sites for hydroxylation is 2. The van der Waals surface area contributed by atoms with Crippen molar-refractivity contribution in [3.8, 4) is 6.07 Å². The van der Waals surface area contributed by atoms with E-state index in [9.17, 15) is 10.1 Å². The van der Waals surface area contributed by atoms with E-state index in [1.165, 1.54) is 6.20 Å². The summed E-state index contributed by atoms with van der Waals surface area (Å²) in [5.74, 6) is 0.574. The van der Waals surface area contributed by atoms with Gasteiger partial charge in [0.1, 0.15) is 6.07 Å². The van der Waals surface area contributed by atoms with E-state index in [2.05, 4.69) is 31.4 Å². The molecule has 2 aromatic heterocycles. The van der Waals surface area contributed by atoms with E-state index < -0.39 is 0 Å². The van der Waals surface area contributed by atoms with Gasteiger partial charge in [-0.2, -0.15) is 10.4 Å². The Morgan fingerprint density at radius 1 is 1.22 bits per heavy atom. The van der Waals surface area contributed by atoms with Gasteiger partial charge in [-0.05, 0) is 20.8 Å². The lowest BCUT2D eigenvalue weighted by Crippen LogP contribution is -2.49. The first-order chi connectivity index (χ1) is 13.0. The van der Waals surface area contributed by atoms with Crippen molar-refractivity contribution in [3.63, 3.8) is 0 Å². The predicted octanol–water partition coefficient (Wildman–Crippen LogP) is 0.942. The minimum Gasteiger partial charge on any atom is -0.352 e. The monoisotopic (exact) mass is 368 g/mol. The standard InChI is InChI=1S/C18H24N8O/c1-4-26-14(3)17(13(2)23-26)22-16(27)12-24-7-9-25(10-8-24)18-15(11-19)20-5-6-21-18/h5-6H,4,7-10,12H2,1-3H3,(H,22,27). The van der Waals surface area contributed by atoms with Gasteiger partial charge in [0.25, 0.3) is 0 Å². The summed E-state index contributed by atoms with van der Waals surface area (Å²) in [4.78, 5) is 24.9. The minimum atomic E-state index is -0.0393. The highest BCUT2D eigenvalue weighted by Gasteiger charge is 2.23. The van der Waals surface area contributed by atoms with Crippen molar-refractivity contribution in [1.82, 2.24) is 24.6 Å². The molecule has 0 aromatic carbocycles. The molecule has 9 heteroatoms. The van der Waals surface area contributed by atoms with Crippen LogP contribution in [-0.2, 0) is 11.3 Å². The first kappa shape index (κ1) is 18.8. The second-order valence-corrected chi connectivity index (χ2v) is 6.51. The van der Waals surface area contributed by atoms with E-state index in [1.54, 1.807) is 6.20 Å². The lowest BCUT2D eigenvalue weighted by atomic mass is 10.2. The van der Waals surface area contributed by atoms with Crippen LogP contribution in [0.4, 0.5) is 11.5 Å². The van der Waals surface area contributed by atoms with Crippen LogP contribution >= 0.6 is 0 Å². The summed E-state index contributed by atoms with van der Waals surface area (Å²) < 4.78 is 1.89. The molecule has 9 nitrogen and oxygen atoms in total. The molecule has 1 saturated heterocycles. The summed E-state index contributed by atoms with van der Waals surface area (Å²) in [6.45, 7) is 9.85. The molecule has 27 heavy (non-hydrogen) atoms. The van der Waals surface area contributed by atoms with Crippen molar-refractivity contribution in [1.29, 1.82) is 5.26 Å². The van der Waals surface area contributed by atoms with Crippen LogP contribution in [0, 0.1) is 25.2 Å². The van der Waals surface area contributed by atoms with Gasteiger partial charge in [-0.15, -0.1) is 0 Å². The second-order valence-electron chi connectivity index (χ2n) is 6.51. The van der Waals surface area contributed by atoms with Crippen molar-refractivity contribution >= 4 is 17.4 Å². The normalized spacial score (nSPS) is 14.8. The fourth-order valence-corrected chi connectivity index (χ4v) is 3.33. The number of nitriles is 1. The molecule has 0 aliphatic carbocycles. The average molecular weight is 368 g/mol. The minimum absolute atomic E-state index is 0.0393. The smallest absolute Gasteiger partial charge is 0.238 e. The maximum absolute atomic E-state index is 12.5. The van der Waals surface area contributed by atoms with Gasteiger partial charge >= 0.3 is 0 Å². The summed E-state index contributed by atoms with van der Waals surface area (Å²) >= 11 is 0. The Labute approximate surface area is 158 Å². The molecule has 1 aliphatic heterocycles. The van der Waals surface area contributed by atoms with Crippen LogP contribution < -0.4 is 10.2 Å². The highest BCUT2D eigenvalue weighted by molar-refractivity contribution is 5.93. The van der Waals surface area contributed by atoms with Crippen molar-refractivity contribution < 1.29 is 4.79 Å². The molecule has 1 N–H and O–H groups in total. The Bertz CT molecular complexity index is 861. The molecule has 1 aliphatic rings. The summed E-state index contributed by atoms with van der Waals surface area (Å²) in [5.41, 5.74) is 2.94. The zero-order chi connectivity index (χ0) is 19.4. The predicted molar refractivity (Wildman–Crippen MR) is 101 cm³/mol. The van der Waals surface area contributed by atoms with Crippen molar-refractivity contribution in [2.24, 2.45) is 0 Å². The van der Waals surface area contributed by atoms with Gasteiger partial charge in [0, 0.05) is 45.1 Å². The molecular weight excluding hydrogens is 344 g/mol. The zero-order valence-electron chi connectivity index (χ0n) is 15.9. The molecule has 0 saturated carbocycles. The number of hydrogen-bond acceptors (Lipinski definition) is 7. The number of aromatic nitrogens is 4. The first-order valence-corrected chi connectivity index (χ1v) is 9.05. The van der Waals surface area contributed by atoms with E-state index in [1.807, 2.05) is 30.4 Å². The number of amides is 1. The van der Waals surface area contributed by atoms with E-state index in [-0.39, 0.29) is 5.91 Å². The Morgan fingerprint density at radius 2 is 1.93 bits per heavy atom. The topological polar surface area (TPSA) is 103 Å². The van der Waals surface area contributed by atoms with E-state index in [0.29, 0.717) is 31.1 Å². The van der Waals surface area contributed by atoms with Gasteiger partial charge < -0.3 is 10.2 Å². The van der Waals surface area contributed by atoms with Gasteiger partial charge in [-0.1, -0.05) is 0 Å². The SMILES string of the molecule is CCn1nc(C)c(NC(=O)CN2CCN(c3nccnc3C#N)CC2)c1C. The Kier molecular flexibility index (Phi) is 5.66. The Morgan fingerprint density at radius 3 is 2.56 bits per heavy atom. The zero-order valence-corrected chi connectivity index (χ0v) is 15.9. The Hall–Kier alpha value is -2.99. The lowest BCUT2D eigenvalue weighted by Gasteiger charge is -2.35. The van der Waals surface area contributed by atoms with Crippen LogP contribution in [0.25, 0.3) is 0 Å². The molecule has 0 bridgehead atoms. The van der Waals surface area contributed by atoms with Gasteiger partial charge in [-0.3, -0.25) is 14.4 Å². The third-order valence-electron chi connectivity index (χ3n) is 4.77. The quantitative estimate of drug-likeness (QED) is 0.838. The molecule has 0 atom stereocenters. The van der Waals surface area contributed by atoms with Crippen molar-refractivity contribution in [2.45, 2.75) is 27.3 Å². The second kappa shape index (κ2) is 8.14. The number of hydrogen-bond donors (Lipinski definition) is 1. The van der Waals surface area contributed by atoms with Gasteiger partial charge in [0.05, 0.1) is 23.6 Å². The largest absolute Gasteiger partial charge is 0.352 e. The highest BCUT2D eigenvalue weighted by atomic mass is 16.2. The average Bonchev–Trinajstić information content (AvgIpc) is 2.96. The lowest BCUT2D eigenvalue weighted by molar-refractivity contribution is -0.117. The van der Waals surface area contributed by atoms with Crippen LogP contribution in [0.2, 0.25) is 0 Å². The van der Waals surface area contributed by atoms with Gasteiger partial charge in [0.2, 0.25) is 5.91 Å². The number of carbonyl (C=O) groups is 1. The molecule has 0 spiro atoms. The fraction of sp³-hybridized carbons (Fsp3) is 0.500. The maximum Gasteiger partial charge on any atom is 0.238 e. The molecule has 1 fully saturated rings. The van der Waals surface area contributed by atoms with Gasteiger partial charge in [-0.25, -0.2) is 9.97 Å². The van der Waals surface area contributed by atoms with Crippen molar-refractivity contribution in [3.05, 3.63) is 29.5 Å². The molecular formula is C18H24N8O. The number of rotatable bonds is 5. The van der Waals surface area contributed by atoms with Crippen LogP contribution in [0.5, 0.6) is 0 Å². The van der Waals surface area contributed by atoms with Crippen LogP contribution in [-0.4, -0.2) is 63.3 Å². The number of piperazine rings is 1. The van der Waals surface area contributed by atoms with Crippen molar-refractivity contribution in [2.75, 3.05) is 42.9 Å². The highest BCUT2D eigenvalue weighted by Crippen LogP contribution is 2.20. The fourth-order valence-electron chi connectivity index (χ4n) is 3.33. The summed E-state index contributed by atoms with van der Waals surface area (Å²) in [5, 5.41) is 16.6. The van der Waals surface area contributed by atoms with Crippen LogP contribution in [0.1, 0.15) is 24.0 Å². The van der Waals surface area contributed by atoms with Crippen LogP contribution in [0.15, 0.2) is 12.4 Å². The van der Waals surface area contributed by atoms with E-state index in [0.717, 1.165) is 36.7 Å². The third-order valence-corrected chi connectivity index (χ3v) is 4.77. The summed E-state index contributed by atoms with van der Waals surface area (Å²) in [7, 11) is 0. The Balaban J connectivity index is 1.56. The number of anilines is 2. The summed E-state index contributed by atoms with van der Waals surface area (Å²) in [6, 6.07) is 2.08. The molecule has 3 heterocycles. The molecule has 0 unspecified atom stereocenters. The van der Waals surface area contributed by atoms with Crippen LogP contribution in [0.3, 0.4) is 0 Å². The molecule has 2 aromatic rings. The van der Waals surface area contributed by atoms with E-state index >= 15 is 0 Å². The number of carbonyl (C=O) groups excluding carboxylic acids is 1. The van der Waals surface area contributed by atoms with E-state index in [4.69, 9.17) is 0 Å². The number of nitrogens with zero attached hydrogens (tertiary/aromatic N) is 7.